The summed E-state index contributed by atoms with van der Waals surface area (Å²) >= 11 is 0. The summed E-state index contributed by atoms with van der Waals surface area (Å²) in [5, 5.41) is 16.3. The van der Waals surface area contributed by atoms with Crippen molar-refractivity contribution in [2.75, 3.05) is 23.8 Å². The number of aromatic nitrogens is 3. The smallest absolute Gasteiger partial charge is 0.304 e. The Hall–Kier alpha value is -4.37. The molecular weight excluding hydrogens is 485 g/mol. The zero-order valence-electron chi connectivity index (χ0n) is 21.1. The van der Waals surface area contributed by atoms with Crippen molar-refractivity contribution < 1.29 is 19.0 Å². The van der Waals surface area contributed by atoms with Gasteiger partial charge >= 0.3 is 5.97 Å². The average molecular weight is 516 g/mol. The third kappa shape index (κ3) is 6.89. The van der Waals surface area contributed by atoms with Crippen LogP contribution in [0.4, 0.5) is 21.8 Å². The molecule has 0 aliphatic carbocycles. The highest BCUT2D eigenvalue weighted by Crippen LogP contribution is 2.39. The van der Waals surface area contributed by atoms with Crippen molar-refractivity contribution in [1.29, 1.82) is 0 Å². The molecule has 0 aliphatic rings. The molecule has 0 fully saturated rings. The molecule has 0 aliphatic heterocycles. The third-order valence-electron chi connectivity index (χ3n) is 6.22. The average Bonchev–Trinajstić information content (AvgIpc) is 2.93. The molecule has 8 nitrogen and oxygen atoms in total. The summed E-state index contributed by atoms with van der Waals surface area (Å²) in [6.07, 6.45) is 3.45. The summed E-state index contributed by atoms with van der Waals surface area (Å²) in [5.41, 5.74) is 1.98. The number of carboxylic acids is 1. The summed E-state index contributed by atoms with van der Waals surface area (Å²) in [6.45, 7) is 3.32. The highest BCUT2D eigenvalue weighted by molar-refractivity contribution is 5.70. The van der Waals surface area contributed by atoms with Gasteiger partial charge in [-0.3, -0.25) is 4.79 Å². The third-order valence-corrected chi connectivity index (χ3v) is 6.22. The summed E-state index contributed by atoms with van der Waals surface area (Å²) in [7, 11) is 0. The van der Waals surface area contributed by atoms with Gasteiger partial charge in [0.25, 0.3) is 0 Å². The number of nitrogens with one attached hydrogen (secondary N) is 2. The van der Waals surface area contributed by atoms with Crippen LogP contribution >= 0.6 is 0 Å². The topological polar surface area (TPSA) is 109 Å². The fourth-order valence-electron chi connectivity index (χ4n) is 4.30. The normalized spacial score (nSPS) is 12.5. The van der Waals surface area contributed by atoms with E-state index in [1.165, 1.54) is 12.1 Å². The molecule has 1 unspecified atom stereocenters. The maximum Gasteiger partial charge on any atom is 0.304 e. The number of benzene rings is 2. The first-order valence-electron chi connectivity index (χ1n) is 12.4. The Morgan fingerprint density at radius 1 is 1.00 bits per heavy atom. The molecule has 0 bridgehead atoms. The Balaban J connectivity index is 1.57. The number of hydrogen-bond donors (Lipinski definition) is 3. The van der Waals surface area contributed by atoms with E-state index in [1.54, 1.807) is 30.6 Å². The van der Waals surface area contributed by atoms with E-state index in [4.69, 9.17) is 9.72 Å². The van der Waals surface area contributed by atoms with Gasteiger partial charge in [0, 0.05) is 37.8 Å². The van der Waals surface area contributed by atoms with Gasteiger partial charge in [0.15, 0.2) is 0 Å². The van der Waals surface area contributed by atoms with Crippen molar-refractivity contribution in [3.63, 3.8) is 0 Å². The van der Waals surface area contributed by atoms with Crippen LogP contribution in [0.3, 0.4) is 0 Å². The van der Waals surface area contributed by atoms with Crippen LogP contribution in [0.15, 0.2) is 85.2 Å². The minimum Gasteiger partial charge on any atom is -0.481 e. The van der Waals surface area contributed by atoms with Crippen LogP contribution in [0.1, 0.15) is 36.6 Å². The largest absolute Gasteiger partial charge is 0.481 e. The molecule has 1 atom stereocenters. The molecule has 9 heteroatoms. The molecule has 2 heterocycles. The van der Waals surface area contributed by atoms with Gasteiger partial charge in [-0.1, -0.05) is 30.3 Å². The van der Waals surface area contributed by atoms with E-state index in [0.717, 1.165) is 17.1 Å². The van der Waals surface area contributed by atoms with Crippen molar-refractivity contribution in [3.05, 3.63) is 108 Å². The number of carboxylic acid groups (broad SMARTS) is 1. The van der Waals surface area contributed by atoms with Crippen LogP contribution < -0.4 is 10.6 Å². The van der Waals surface area contributed by atoms with Gasteiger partial charge in [0.1, 0.15) is 11.6 Å². The molecule has 4 rings (SSSR count). The molecule has 0 saturated carbocycles. The Morgan fingerprint density at radius 2 is 1.79 bits per heavy atom. The number of pyridine rings is 1. The number of aliphatic carboxylic acids is 1. The SMILES string of the molecule is CCOCCC(CC(=O)O)(c1ccc(F)cc1)c1ccnc(Nc2ccc(CNc3ccccn3)cc2)n1. The second kappa shape index (κ2) is 12.7. The van der Waals surface area contributed by atoms with Crippen molar-refractivity contribution >= 4 is 23.4 Å². The summed E-state index contributed by atoms with van der Waals surface area (Å²) in [6, 6.07) is 21.1. The van der Waals surface area contributed by atoms with Crippen molar-refractivity contribution in [1.82, 2.24) is 15.0 Å². The van der Waals surface area contributed by atoms with Crippen LogP contribution in [-0.2, 0) is 21.5 Å². The highest BCUT2D eigenvalue weighted by atomic mass is 19.1. The van der Waals surface area contributed by atoms with Crippen LogP contribution in [-0.4, -0.2) is 39.2 Å². The van der Waals surface area contributed by atoms with Gasteiger partial charge in [0.2, 0.25) is 5.95 Å². The lowest BCUT2D eigenvalue weighted by molar-refractivity contribution is -0.138. The lowest BCUT2D eigenvalue weighted by Crippen LogP contribution is -2.34. The van der Waals surface area contributed by atoms with E-state index in [0.29, 0.717) is 43.4 Å². The number of rotatable bonds is 13. The van der Waals surface area contributed by atoms with Gasteiger partial charge in [-0.05, 0) is 66.9 Å². The minimum absolute atomic E-state index is 0.236. The molecule has 196 valence electrons. The summed E-state index contributed by atoms with van der Waals surface area (Å²) in [5.74, 6) is -0.259. The molecule has 0 spiro atoms. The van der Waals surface area contributed by atoms with E-state index in [9.17, 15) is 14.3 Å². The van der Waals surface area contributed by atoms with E-state index < -0.39 is 17.2 Å². The Kier molecular flexibility index (Phi) is 8.94. The van der Waals surface area contributed by atoms with Gasteiger partial charge < -0.3 is 20.5 Å². The Labute approximate surface area is 221 Å². The number of carbonyl (C=O) groups is 1. The van der Waals surface area contributed by atoms with E-state index in [2.05, 4.69) is 20.6 Å². The van der Waals surface area contributed by atoms with Gasteiger partial charge in [-0.15, -0.1) is 0 Å². The van der Waals surface area contributed by atoms with Crippen LogP contribution in [0.5, 0.6) is 0 Å². The summed E-state index contributed by atoms with van der Waals surface area (Å²) in [4.78, 5) is 25.4. The quantitative estimate of drug-likeness (QED) is 0.199. The first-order chi connectivity index (χ1) is 18.5. The number of ether oxygens (including phenoxy) is 1. The molecular formula is C29H30FN5O3. The van der Waals surface area contributed by atoms with Crippen molar-refractivity contribution in [2.24, 2.45) is 0 Å². The minimum atomic E-state index is -1.03. The van der Waals surface area contributed by atoms with Gasteiger partial charge in [-0.25, -0.2) is 19.3 Å². The standard InChI is InChI=1S/C29H30FN5O3/c1-2-38-18-15-29(19-27(36)37,22-8-10-23(30)11-9-22)25-14-17-32-28(35-25)34-24-12-6-21(7-13-24)20-33-26-5-3-4-16-31-26/h3-14,16-17H,2,15,18-20H2,1H3,(H,31,33)(H,36,37)(H,32,34,35). The first kappa shape index (κ1) is 26.7. The lowest BCUT2D eigenvalue weighted by Gasteiger charge is -2.33. The van der Waals surface area contributed by atoms with E-state index in [-0.39, 0.29) is 6.42 Å². The van der Waals surface area contributed by atoms with Crippen LogP contribution in [0, 0.1) is 5.82 Å². The van der Waals surface area contributed by atoms with E-state index in [1.807, 2.05) is 49.4 Å². The van der Waals surface area contributed by atoms with Crippen molar-refractivity contribution in [2.45, 2.75) is 31.7 Å². The van der Waals surface area contributed by atoms with Crippen molar-refractivity contribution in [3.8, 4) is 0 Å². The molecule has 2 aromatic carbocycles. The predicted molar refractivity (Wildman–Crippen MR) is 144 cm³/mol. The lowest BCUT2D eigenvalue weighted by atomic mass is 9.72. The highest BCUT2D eigenvalue weighted by Gasteiger charge is 2.38. The number of nitrogens with zero attached hydrogens (tertiary/aromatic N) is 3. The Bertz CT molecular complexity index is 1320. The molecule has 38 heavy (non-hydrogen) atoms. The maximum atomic E-state index is 13.7. The number of anilines is 3. The van der Waals surface area contributed by atoms with Crippen LogP contribution in [0.2, 0.25) is 0 Å². The fourth-order valence-corrected chi connectivity index (χ4v) is 4.30. The van der Waals surface area contributed by atoms with Gasteiger partial charge in [0.05, 0.1) is 17.5 Å². The van der Waals surface area contributed by atoms with Crippen LogP contribution in [0.25, 0.3) is 0 Å². The molecule has 4 aromatic rings. The molecule has 0 radical (unpaired) electrons. The Morgan fingerprint density at radius 3 is 2.47 bits per heavy atom. The number of halogens is 1. The van der Waals surface area contributed by atoms with E-state index >= 15 is 0 Å². The maximum absolute atomic E-state index is 13.7. The molecule has 2 aromatic heterocycles. The summed E-state index contributed by atoms with van der Waals surface area (Å²) < 4.78 is 19.3. The zero-order chi connectivity index (χ0) is 26.8. The number of hydrogen-bond acceptors (Lipinski definition) is 7. The first-order valence-corrected chi connectivity index (χ1v) is 12.4. The fraction of sp³-hybridized carbons (Fsp3) is 0.241. The van der Waals surface area contributed by atoms with Gasteiger partial charge in [-0.2, -0.15) is 0 Å². The molecule has 0 saturated heterocycles. The monoisotopic (exact) mass is 515 g/mol. The molecule has 3 N–H and O–H groups in total. The second-order valence-electron chi connectivity index (χ2n) is 8.76. The predicted octanol–water partition coefficient (Wildman–Crippen LogP) is 5.55. The zero-order valence-corrected chi connectivity index (χ0v) is 21.1. The molecule has 0 amide bonds. The second-order valence-corrected chi connectivity index (χ2v) is 8.76.